The van der Waals surface area contributed by atoms with Crippen molar-refractivity contribution in [3.8, 4) is 0 Å². The second-order valence-electron chi connectivity index (χ2n) is 8.23. The van der Waals surface area contributed by atoms with E-state index in [2.05, 4.69) is 0 Å². The normalized spacial score (nSPS) is 25.9. The van der Waals surface area contributed by atoms with Gasteiger partial charge in [0, 0.05) is 29.0 Å². The highest BCUT2D eigenvalue weighted by Gasteiger charge is 2.57. The molecular formula is C20H23ClF2N2O4. The second-order valence-corrected chi connectivity index (χ2v) is 8.63. The van der Waals surface area contributed by atoms with Crippen molar-refractivity contribution < 1.29 is 32.0 Å². The van der Waals surface area contributed by atoms with E-state index in [0.29, 0.717) is 36.3 Å². The summed E-state index contributed by atoms with van der Waals surface area (Å²) in [4.78, 5) is 40.2. The highest BCUT2D eigenvalue weighted by atomic mass is 35.5. The number of imide groups is 1. The molecule has 1 heterocycles. The molecule has 29 heavy (non-hydrogen) atoms. The Bertz CT molecular complexity index is 967. The number of halogens is 3. The van der Waals surface area contributed by atoms with Crippen molar-refractivity contribution in [2.24, 2.45) is 11.8 Å². The lowest BCUT2D eigenvalue weighted by molar-refractivity contribution is -0.135. The fraction of sp³-hybridized carbons (Fsp3) is 0.550. The number of anilines is 1. The zero-order valence-electron chi connectivity index (χ0n) is 19.2. The van der Waals surface area contributed by atoms with Crippen LogP contribution in [0.15, 0.2) is 12.1 Å². The number of nitrogens with zero attached hydrogens (tertiary/aromatic N) is 2. The van der Waals surface area contributed by atoms with E-state index >= 15 is 0 Å². The Balaban J connectivity index is 2.10. The van der Waals surface area contributed by atoms with E-state index in [4.69, 9.17) is 20.5 Å². The van der Waals surface area contributed by atoms with Gasteiger partial charge in [-0.25, -0.2) is 18.5 Å². The Morgan fingerprint density at radius 1 is 1.28 bits per heavy atom. The molecule has 0 aromatic heterocycles. The molecule has 1 saturated heterocycles. The maximum atomic E-state index is 14.6. The predicted molar refractivity (Wildman–Crippen MR) is 102 cm³/mol. The zero-order valence-corrected chi connectivity index (χ0v) is 16.9. The standard InChI is InChI=1S/C20H23ClF2N2O4/c1-20(2,3)29-19(28)25-16(10-6-5-7-11(10)17(25)26)18(27)24(4)15-8-12(21)13(22)9-14(15)23/h8-11,16H,5-7H2,1-4H3/t10-,11+,16-/m0/s1/i4D3. The number of benzene rings is 1. The van der Waals surface area contributed by atoms with Crippen LogP contribution >= 0.6 is 11.6 Å². The molecule has 3 atom stereocenters. The molecule has 158 valence electrons. The van der Waals surface area contributed by atoms with Gasteiger partial charge in [-0.3, -0.25) is 9.59 Å². The largest absolute Gasteiger partial charge is 0.443 e. The van der Waals surface area contributed by atoms with E-state index in [1.54, 1.807) is 20.8 Å². The molecule has 2 fully saturated rings. The molecule has 2 aliphatic rings. The van der Waals surface area contributed by atoms with Gasteiger partial charge in [-0.2, -0.15) is 0 Å². The first kappa shape index (κ1) is 17.6. The lowest BCUT2D eigenvalue weighted by Crippen LogP contribution is -2.51. The van der Waals surface area contributed by atoms with Gasteiger partial charge in [-0.05, 0) is 39.7 Å². The molecule has 3 rings (SSSR count). The van der Waals surface area contributed by atoms with E-state index in [9.17, 15) is 23.2 Å². The van der Waals surface area contributed by atoms with Gasteiger partial charge >= 0.3 is 6.09 Å². The summed E-state index contributed by atoms with van der Waals surface area (Å²) in [6.07, 6.45) is 0.348. The maximum Gasteiger partial charge on any atom is 0.417 e. The average Bonchev–Trinajstić information content (AvgIpc) is 3.19. The third kappa shape index (κ3) is 3.95. The minimum Gasteiger partial charge on any atom is -0.443 e. The Hall–Kier alpha value is -2.22. The first-order valence-electron chi connectivity index (χ1n) is 10.7. The summed E-state index contributed by atoms with van der Waals surface area (Å²) < 4.78 is 56.9. The smallest absolute Gasteiger partial charge is 0.417 e. The summed E-state index contributed by atoms with van der Waals surface area (Å²) >= 11 is 5.71. The SMILES string of the molecule is [2H]C([2H])([2H])N(C(=O)[C@@H]1[C@H]2CCC[C@H]2C(=O)N1C(=O)OC(C)(C)C)c1cc(Cl)c(F)cc1F. The number of likely N-dealkylation sites (tertiary alicyclic amines) is 1. The van der Waals surface area contributed by atoms with Crippen LogP contribution in [0, 0.1) is 23.5 Å². The Morgan fingerprint density at radius 3 is 2.59 bits per heavy atom. The highest BCUT2D eigenvalue weighted by molar-refractivity contribution is 6.31. The van der Waals surface area contributed by atoms with E-state index in [-0.39, 0.29) is 4.90 Å². The molecule has 0 unspecified atom stereocenters. The Labute approximate surface area is 176 Å². The summed E-state index contributed by atoms with van der Waals surface area (Å²) in [5.41, 5.74) is -1.76. The maximum absolute atomic E-state index is 14.6. The Morgan fingerprint density at radius 2 is 1.97 bits per heavy atom. The third-order valence-electron chi connectivity index (χ3n) is 5.10. The lowest BCUT2D eigenvalue weighted by atomic mass is 9.93. The number of ether oxygens (including phenoxy) is 1. The van der Waals surface area contributed by atoms with Crippen molar-refractivity contribution in [1.82, 2.24) is 4.90 Å². The van der Waals surface area contributed by atoms with Crippen LogP contribution in [0.2, 0.25) is 5.02 Å². The number of amides is 3. The molecule has 9 heteroatoms. The molecule has 0 bridgehead atoms. The summed E-state index contributed by atoms with van der Waals surface area (Å²) in [5.74, 6) is -5.59. The van der Waals surface area contributed by atoms with E-state index in [0.717, 1.165) is 0 Å². The molecule has 0 spiro atoms. The van der Waals surface area contributed by atoms with Gasteiger partial charge in [0.05, 0.1) is 10.7 Å². The summed E-state index contributed by atoms with van der Waals surface area (Å²) in [7, 11) is 0. The number of likely N-dealkylation sites (N-methyl/N-ethyl adjacent to an activating group) is 1. The van der Waals surface area contributed by atoms with Gasteiger partial charge in [0.2, 0.25) is 5.91 Å². The molecule has 1 aliphatic heterocycles. The molecule has 1 saturated carbocycles. The fourth-order valence-corrected chi connectivity index (χ4v) is 4.08. The monoisotopic (exact) mass is 431 g/mol. The molecule has 1 aliphatic carbocycles. The van der Waals surface area contributed by atoms with Gasteiger partial charge < -0.3 is 9.64 Å². The van der Waals surface area contributed by atoms with Crippen LogP contribution in [0.3, 0.4) is 0 Å². The number of fused-ring (bicyclic) bond motifs is 1. The van der Waals surface area contributed by atoms with E-state index in [1.807, 2.05) is 0 Å². The van der Waals surface area contributed by atoms with Crippen LogP contribution in [-0.4, -0.2) is 41.4 Å². The quantitative estimate of drug-likeness (QED) is 0.660. The number of carbonyl (C=O) groups excluding carboxylic acids is 3. The Kier molecular flexibility index (Phi) is 4.59. The van der Waals surface area contributed by atoms with Gasteiger partial charge in [0.25, 0.3) is 5.91 Å². The molecule has 1 aromatic rings. The van der Waals surface area contributed by atoms with Crippen molar-refractivity contribution in [2.75, 3.05) is 11.9 Å². The third-order valence-corrected chi connectivity index (χ3v) is 5.39. The van der Waals surface area contributed by atoms with E-state index < -0.39 is 70.7 Å². The molecular weight excluding hydrogens is 406 g/mol. The lowest BCUT2D eigenvalue weighted by Gasteiger charge is -2.31. The molecule has 3 amide bonds. The first-order chi connectivity index (χ1) is 14.6. The van der Waals surface area contributed by atoms with Gasteiger partial charge in [-0.15, -0.1) is 0 Å². The predicted octanol–water partition coefficient (Wildman–Crippen LogP) is 4.14. The van der Waals surface area contributed by atoms with Gasteiger partial charge in [0.1, 0.15) is 23.3 Å². The van der Waals surface area contributed by atoms with Crippen LogP contribution in [0.1, 0.15) is 44.1 Å². The molecule has 1 aromatic carbocycles. The van der Waals surface area contributed by atoms with Gasteiger partial charge in [0.15, 0.2) is 0 Å². The second kappa shape index (κ2) is 7.55. The van der Waals surface area contributed by atoms with Gasteiger partial charge in [-0.1, -0.05) is 18.0 Å². The first-order valence-corrected chi connectivity index (χ1v) is 9.56. The topological polar surface area (TPSA) is 66.9 Å². The highest BCUT2D eigenvalue weighted by Crippen LogP contribution is 2.44. The summed E-state index contributed by atoms with van der Waals surface area (Å²) in [6, 6.07) is -0.446. The number of hydrogen-bond donors (Lipinski definition) is 0. The van der Waals surface area contributed by atoms with Crippen LogP contribution < -0.4 is 4.90 Å². The number of hydrogen-bond acceptors (Lipinski definition) is 4. The van der Waals surface area contributed by atoms with Crippen LogP contribution in [-0.2, 0) is 14.3 Å². The van der Waals surface area contributed by atoms with E-state index in [1.165, 1.54) is 0 Å². The van der Waals surface area contributed by atoms with Crippen LogP contribution in [0.4, 0.5) is 19.3 Å². The molecule has 6 nitrogen and oxygen atoms in total. The van der Waals surface area contributed by atoms with Crippen molar-refractivity contribution in [2.45, 2.75) is 51.7 Å². The van der Waals surface area contributed by atoms with Crippen molar-refractivity contribution in [3.05, 3.63) is 28.8 Å². The summed E-state index contributed by atoms with van der Waals surface area (Å²) in [5, 5.41) is -0.589. The van der Waals surface area contributed by atoms with Crippen LogP contribution in [0.5, 0.6) is 0 Å². The fourth-order valence-electron chi connectivity index (χ4n) is 3.92. The van der Waals surface area contributed by atoms with Crippen molar-refractivity contribution >= 4 is 35.2 Å². The zero-order chi connectivity index (χ0) is 24.2. The summed E-state index contributed by atoms with van der Waals surface area (Å²) in [6.45, 7) is 1.52. The van der Waals surface area contributed by atoms with Crippen LogP contribution in [0.25, 0.3) is 0 Å². The van der Waals surface area contributed by atoms with Crippen molar-refractivity contribution in [3.63, 3.8) is 0 Å². The minimum absolute atomic E-state index is 0.156. The number of rotatable bonds is 2. The molecule has 0 radical (unpaired) electrons. The van der Waals surface area contributed by atoms with Crippen molar-refractivity contribution in [1.29, 1.82) is 0 Å². The number of carbonyl (C=O) groups is 3. The molecule has 0 N–H and O–H groups in total. The average molecular weight is 432 g/mol. The minimum atomic E-state index is -3.21.